The van der Waals surface area contributed by atoms with Crippen LogP contribution < -0.4 is 5.73 Å². The second kappa shape index (κ2) is 5.05. The van der Waals surface area contributed by atoms with Crippen LogP contribution in [0.15, 0.2) is 40.9 Å². The highest BCUT2D eigenvalue weighted by Gasteiger charge is 2.23. The molecule has 18 heavy (non-hydrogen) atoms. The van der Waals surface area contributed by atoms with Crippen LogP contribution in [-0.4, -0.2) is 24.8 Å². The summed E-state index contributed by atoms with van der Waals surface area (Å²) >= 11 is 1.51. The van der Waals surface area contributed by atoms with E-state index >= 15 is 0 Å². The minimum Gasteiger partial charge on any atom is -0.398 e. The molecule has 0 fully saturated rings. The van der Waals surface area contributed by atoms with Crippen molar-refractivity contribution in [2.75, 3.05) is 12.8 Å². The van der Waals surface area contributed by atoms with E-state index in [1.807, 2.05) is 17.5 Å². The molecule has 2 N–H and O–H groups in total. The van der Waals surface area contributed by atoms with Crippen molar-refractivity contribution in [3.8, 4) is 0 Å². The van der Waals surface area contributed by atoms with E-state index in [1.165, 1.54) is 41.1 Å². The van der Waals surface area contributed by atoms with Crippen LogP contribution in [0, 0.1) is 0 Å². The molecule has 0 spiro atoms. The Kier molecular flexibility index (Phi) is 3.65. The lowest BCUT2D eigenvalue weighted by molar-refractivity contribution is 0.470. The van der Waals surface area contributed by atoms with Crippen LogP contribution in [0.2, 0.25) is 0 Å². The number of hydrogen-bond acceptors (Lipinski definition) is 5. The average molecular weight is 283 g/mol. The Balaban J connectivity index is 2.29. The summed E-state index contributed by atoms with van der Waals surface area (Å²) in [5.41, 5.74) is 5.89. The Morgan fingerprint density at radius 1 is 1.44 bits per heavy atom. The summed E-state index contributed by atoms with van der Waals surface area (Å²) in [5.74, 6) is 0. The average Bonchev–Trinajstić information content (AvgIpc) is 2.82. The number of thiophene rings is 1. The van der Waals surface area contributed by atoms with Crippen LogP contribution in [0.25, 0.3) is 0 Å². The van der Waals surface area contributed by atoms with E-state index in [4.69, 9.17) is 5.73 Å². The first-order valence-electron chi connectivity index (χ1n) is 5.20. The fourth-order valence-corrected chi connectivity index (χ4v) is 3.52. The number of nitrogen functional groups attached to an aromatic ring is 1. The van der Waals surface area contributed by atoms with Gasteiger partial charge in [-0.15, -0.1) is 11.3 Å². The number of sulfonamides is 1. The molecule has 7 heteroatoms. The molecule has 96 valence electrons. The maximum Gasteiger partial charge on any atom is 0.246 e. The zero-order valence-corrected chi connectivity index (χ0v) is 11.4. The van der Waals surface area contributed by atoms with Crippen LogP contribution in [0.4, 0.5) is 5.69 Å². The van der Waals surface area contributed by atoms with Gasteiger partial charge in [0.1, 0.15) is 4.90 Å². The first-order chi connectivity index (χ1) is 8.51. The van der Waals surface area contributed by atoms with Crippen LogP contribution in [0.1, 0.15) is 4.88 Å². The molecule has 0 amide bonds. The van der Waals surface area contributed by atoms with E-state index in [-0.39, 0.29) is 10.6 Å². The second-order valence-corrected chi connectivity index (χ2v) is 6.80. The number of anilines is 1. The maximum absolute atomic E-state index is 12.3. The summed E-state index contributed by atoms with van der Waals surface area (Å²) in [6.45, 7) is 0.328. The molecule has 0 aliphatic heterocycles. The molecular weight excluding hydrogens is 270 g/mol. The fourth-order valence-electron chi connectivity index (χ4n) is 1.48. The molecule has 2 aromatic heterocycles. The van der Waals surface area contributed by atoms with Crippen molar-refractivity contribution in [3.05, 3.63) is 40.8 Å². The number of aromatic nitrogens is 1. The van der Waals surface area contributed by atoms with Gasteiger partial charge in [-0.1, -0.05) is 6.07 Å². The van der Waals surface area contributed by atoms with Crippen molar-refractivity contribution in [2.45, 2.75) is 11.4 Å². The standard InChI is InChI=1S/C11H13N3O2S2/c1-14(8-9-3-2-6-17-9)18(15,16)11-7-13-5-4-10(11)12/h2-7H,8H2,1H3,(H2,12,13). The zero-order chi connectivity index (χ0) is 13.2. The molecule has 2 heterocycles. The van der Waals surface area contributed by atoms with E-state index in [2.05, 4.69) is 4.98 Å². The summed E-state index contributed by atoms with van der Waals surface area (Å²) < 4.78 is 25.8. The molecule has 0 unspecified atom stereocenters. The largest absolute Gasteiger partial charge is 0.398 e. The molecule has 0 aromatic carbocycles. The smallest absolute Gasteiger partial charge is 0.246 e. The number of nitrogens with zero attached hydrogens (tertiary/aromatic N) is 2. The lowest BCUT2D eigenvalue weighted by atomic mass is 10.4. The van der Waals surface area contributed by atoms with E-state index < -0.39 is 10.0 Å². The van der Waals surface area contributed by atoms with Crippen molar-refractivity contribution in [3.63, 3.8) is 0 Å². The Hall–Kier alpha value is -1.44. The van der Waals surface area contributed by atoms with Gasteiger partial charge in [0.05, 0.1) is 5.69 Å². The van der Waals surface area contributed by atoms with Gasteiger partial charge < -0.3 is 5.73 Å². The lowest BCUT2D eigenvalue weighted by Gasteiger charge is -2.17. The third kappa shape index (κ3) is 2.53. The van der Waals surface area contributed by atoms with E-state index in [0.29, 0.717) is 6.54 Å². The number of hydrogen-bond donors (Lipinski definition) is 1. The van der Waals surface area contributed by atoms with Gasteiger partial charge in [0.15, 0.2) is 0 Å². The van der Waals surface area contributed by atoms with Gasteiger partial charge in [-0.3, -0.25) is 4.98 Å². The molecule has 0 bridgehead atoms. The van der Waals surface area contributed by atoms with E-state index in [0.717, 1.165) is 4.88 Å². The zero-order valence-electron chi connectivity index (χ0n) is 9.78. The van der Waals surface area contributed by atoms with Gasteiger partial charge in [0, 0.05) is 30.9 Å². The highest BCUT2D eigenvalue weighted by Crippen LogP contribution is 2.22. The topological polar surface area (TPSA) is 76.3 Å². The molecule has 0 saturated carbocycles. The van der Waals surface area contributed by atoms with Gasteiger partial charge in [-0.2, -0.15) is 4.31 Å². The van der Waals surface area contributed by atoms with Crippen LogP contribution in [0.5, 0.6) is 0 Å². The predicted octanol–water partition coefficient (Wildman–Crippen LogP) is 1.55. The predicted molar refractivity (Wildman–Crippen MR) is 71.6 cm³/mol. The molecule has 0 atom stereocenters. The molecular formula is C11H13N3O2S2. The maximum atomic E-state index is 12.3. The minimum absolute atomic E-state index is 0.0454. The number of rotatable bonds is 4. The lowest BCUT2D eigenvalue weighted by Crippen LogP contribution is -2.27. The fraction of sp³-hybridized carbons (Fsp3) is 0.182. The minimum atomic E-state index is -3.59. The van der Waals surface area contributed by atoms with Crippen molar-refractivity contribution in [1.29, 1.82) is 0 Å². The Morgan fingerprint density at radius 3 is 2.83 bits per heavy atom. The Morgan fingerprint density at radius 2 is 2.22 bits per heavy atom. The van der Waals surface area contributed by atoms with E-state index in [9.17, 15) is 8.42 Å². The van der Waals surface area contributed by atoms with Gasteiger partial charge >= 0.3 is 0 Å². The highest BCUT2D eigenvalue weighted by molar-refractivity contribution is 7.89. The summed E-state index contributed by atoms with van der Waals surface area (Å²) in [5, 5.41) is 1.91. The first kappa shape index (κ1) is 13.0. The quantitative estimate of drug-likeness (QED) is 0.923. The third-order valence-corrected chi connectivity index (χ3v) is 5.17. The van der Waals surface area contributed by atoms with Crippen LogP contribution >= 0.6 is 11.3 Å². The number of nitrogens with two attached hydrogens (primary N) is 1. The Bertz CT molecular complexity index is 623. The van der Waals surface area contributed by atoms with Gasteiger partial charge in [0.2, 0.25) is 10.0 Å². The van der Waals surface area contributed by atoms with Gasteiger partial charge in [-0.05, 0) is 17.5 Å². The van der Waals surface area contributed by atoms with Crippen molar-refractivity contribution >= 4 is 27.0 Å². The SMILES string of the molecule is CN(Cc1cccs1)S(=O)(=O)c1cnccc1N. The molecule has 2 aromatic rings. The molecule has 0 aliphatic rings. The van der Waals surface area contributed by atoms with Crippen molar-refractivity contribution in [2.24, 2.45) is 0 Å². The summed E-state index contributed by atoms with van der Waals surface area (Å²) in [7, 11) is -2.06. The monoisotopic (exact) mass is 283 g/mol. The summed E-state index contributed by atoms with van der Waals surface area (Å²) in [6.07, 6.45) is 2.74. The van der Waals surface area contributed by atoms with Crippen molar-refractivity contribution in [1.82, 2.24) is 9.29 Å². The summed E-state index contributed by atoms with van der Waals surface area (Å²) in [6, 6.07) is 5.26. The van der Waals surface area contributed by atoms with Gasteiger partial charge in [0.25, 0.3) is 0 Å². The number of pyridine rings is 1. The Labute approximate surface area is 110 Å². The normalized spacial score (nSPS) is 11.9. The summed E-state index contributed by atoms with van der Waals surface area (Å²) in [4.78, 5) is 4.83. The third-order valence-electron chi connectivity index (χ3n) is 2.46. The van der Waals surface area contributed by atoms with Crippen LogP contribution in [0.3, 0.4) is 0 Å². The molecule has 0 radical (unpaired) electrons. The molecule has 0 saturated heterocycles. The first-order valence-corrected chi connectivity index (χ1v) is 7.52. The second-order valence-electron chi connectivity index (χ2n) is 3.75. The molecule has 5 nitrogen and oxygen atoms in total. The molecule has 2 rings (SSSR count). The van der Waals surface area contributed by atoms with E-state index in [1.54, 1.807) is 0 Å². The van der Waals surface area contributed by atoms with Gasteiger partial charge in [-0.25, -0.2) is 8.42 Å². The van der Waals surface area contributed by atoms with Crippen molar-refractivity contribution < 1.29 is 8.42 Å². The highest BCUT2D eigenvalue weighted by atomic mass is 32.2. The molecule has 0 aliphatic carbocycles. The van der Waals surface area contributed by atoms with Crippen LogP contribution in [-0.2, 0) is 16.6 Å².